The molecule has 1 aliphatic rings. The monoisotopic (exact) mass is 357 g/mol. The molecule has 0 spiro atoms. The van der Waals surface area contributed by atoms with Crippen LogP contribution in [0.25, 0.3) is 0 Å². The van der Waals surface area contributed by atoms with E-state index < -0.39 is 0 Å². The average molecular weight is 357 g/mol. The Morgan fingerprint density at radius 1 is 1.30 bits per heavy atom. The summed E-state index contributed by atoms with van der Waals surface area (Å²) in [5, 5.41) is 0. The first kappa shape index (κ1) is 13.6. The Labute approximate surface area is 86.8 Å². The minimum atomic E-state index is 0. The van der Waals surface area contributed by atoms with Crippen LogP contribution in [0.5, 0.6) is 0 Å². The van der Waals surface area contributed by atoms with Gasteiger partial charge < -0.3 is 4.74 Å². The molecule has 3 heteroatoms. The quantitative estimate of drug-likeness (QED) is 0.554. The Morgan fingerprint density at radius 2 is 1.90 bits per heavy atom. The van der Waals surface area contributed by atoms with Crippen LogP contribution in [0.3, 0.4) is 0 Å². The second-order valence-electron chi connectivity index (χ2n) is 2.18. The predicted molar refractivity (Wildman–Crippen MR) is 53.4 cm³/mol. The van der Waals surface area contributed by atoms with Crippen LogP contribution in [0.15, 0.2) is 0 Å². The number of ether oxygens (including phenoxy) is 1. The molecule has 0 aromatic rings. The SMILES string of the molecule is CC.[PoH2].[SiH3]C1CCCCO1. The van der Waals surface area contributed by atoms with E-state index in [-0.39, 0.29) is 26.6 Å². The van der Waals surface area contributed by atoms with E-state index in [0.29, 0.717) is 5.73 Å². The van der Waals surface area contributed by atoms with Gasteiger partial charge in [-0.2, -0.15) is 0 Å². The molecule has 1 nitrogen and oxygen atoms in total. The van der Waals surface area contributed by atoms with E-state index in [1.165, 1.54) is 29.5 Å². The average Bonchev–Trinajstić information content (AvgIpc) is 1.94. The van der Waals surface area contributed by atoms with E-state index in [0.717, 1.165) is 6.61 Å². The fourth-order valence-corrected chi connectivity index (χ4v) is 1.55. The van der Waals surface area contributed by atoms with Gasteiger partial charge in [-0.25, -0.2) is 0 Å². The van der Waals surface area contributed by atoms with Crippen molar-refractivity contribution in [2.45, 2.75) is 38.8 Å². The van der Waals surface area contributed by atoms with Crippen LogP contribution in [0.1, 0.15) is 33.1 Å². The second kappa shape index (κ2) is 10.1. The van der Waals surface area contributed by atoms with Crippen LogP contribution in [-0.4, -0.2) is 49.1 Å². The maximum Gasteiger partial charge on any atom is 0.0465 e. The van der Waals surface area contributed by atoms with Crippen molar-refractivity contribution >= 4 is 36.8 Å². The van der Waals surface area contributed by atoms with Gasteiger partial charge in [0.05, 0.1) is 0 Å². The maximum absolute atomic E-state index is 5.34. The first-order valence-electron chi connectivity index (χ1n) is 4.01. The zero-order chi connectivity index (χ0) is 7.11. The maximum atomic E-state index is 5.34. The first-order chi connectivity index (χ1) is 4.39. The molecule has 0 saturated carbocycles. The minimum absolute atomic E-state index is 0. The zero-order valence-electron chi connectivity index (χ0n) is 7.31. The van der Waals surface area contributed by atoms with Crippen LogP contribution >= 0.6 is 0 Å². The van der Waals surface area contributed by atoms with Crippen LogP contribution < -0.4 is 0 Å². The second-order valence-corrected chi connectivity index (χ2v) is 3.47. The molecule has 1 unspecified atom stereocenters. The van der Waals surface area contributed by atoms with Crippen molar-refractivity contribution in [3.05, 3.63) is 0 Å². The van der Waals surface area contributed by atoms with Gasteiger partial charge in [-0.05, 0) is 19.3 Å². The molecule has 64 valence electrons. The van der Waals surface area contributed by atoms with E-state index in [1.807, 2.05) is 13.8 Å². The molecule has 0 bridgehead atoms. The molecule has 1 heterocycles. The summed E-state index contributed by atoms with van der Waals surface area (Å²) in [5.41, 5.74) is 0.675. The van der Waals surface area contributed by atoms with Gasteiger partial charge in [0, 0.05) is 22.6 Å². The van der Waals surface area contributed by atoms with Gasteiger partial charge in [-0.3, -0.25) is 0 Å². The van der Waals surface area contributed by atoms with E-state index in [9.17, 15) is 0 Å². The van der Waals surface area contributed by atoms with E-state index in [1.54, 1.807) is 0 Å². The molecule has 0 aromatic heterocycles. The molecule has 1 saturated heterocycles. The predicted octanol–water partition coefficient (Wildman–Crippen LogP) is -0.0116. The molecule has 0 aromatic carbocycles. The Kier molecular flexibility index (Phi) is 13.7. The summed E-state index contributed by atoms with van der Waals surface area (Å²) >= 11 is 0. The molecule has 1 atom stereocenters. The van der Waals surface area contributed by atoms with Crippen LogP contribution in [-0.2, 0) is 4.74 Å². The standard InChI is InChI=1S/C5H12OSi.C2H6.Po.2H/c7-5-3-1-2-4-6-5;1-2;;;/h5H,1-4H2,7H3;1-2H3;;;. The molecule has 1 aliphatic heterocycles. The third kappa shape index (κ3) is 7.18. The summed E-state index contributed by atoms with van der Waals surface area (Å²) < 4.78 is 5.34. The van der Waals surface area contributed by atoms with Crippen molar-refractivity contribution < 1.29 is 4.74 Å². The van der Waals surface area contributed by atoms with Crippen molar-refractivity contribution in [3.63, 3.8) is 0 Å². The number of rotatable bonds is 0. The largest absolute Gasteiger partial charge is 0.383 e. The summed E-state index contributed by atoms with van der Waals surface area (Å²) in [6.45, 7) is 5.02. The summed E-state index contributed by atoms with van der Waals surface area (Å²) in [4.78, 5) is 0. The van der Waals surface area contributed by atoms with Crippen molar-refractivity contribution in [1.29, 1.82) is 0 Å². The van der Waals surface area contributed by atoms with Crippen LogP contribution in [0, 0.1) is 0 Å². The molecule has 1 fully saturated rings. The summed E-state index contributed by atoms with van der Waals surface area (Å²) in [6.07, 6.45) is 4.01. The van der Waals surface area contributed by atoms with Crippen molar-refractivity contribution in [3.8, 4) is 0 Å². The third-order valence-electron chi connectivity index (χ3n) is 1.41. The van der Waals surface area contributed by atoms with Crippen molar-refractivity contribution in [2.75, 3.05) is 6.61 Å². The third-order valence-corrected chi connectivity index (χ3v) is 2.32. The smallest absolute Gasteiger partial charge is 0.0465 e. The topological polar surface area (TPSA) is 9.23 Å². The Hall–Kier alpha value is 1.07. The molecule has 0 aliphatic carbocycles. The molecule has 10 heavy (non-hydrogen) atoms. The van der Waals surface area contributed by atoms with Crippen LogP contribution in [0.4, 0.5) is 0 Å². The van der Waals surface area contributed by atoms with Gasteiger partial charge in [-0.1, -0.05) is 13.8 Å². The van der Waals surface area contributed by atoms with Crippen LogP contribution in [0.2, 0.25) is 0 Å². The zero-order valence-corrected chi connectivity index (χ0v) is 13.2. The minimum Gasteiger partial charge on any atom is -0.383 e. The molecule has 1 rings (SSSR count). The molecule has 0 N–H and O–H groups in total. The fraction of sp³-hybridized carbons (Fsp3) is 1.00. The van der Waals surface area contributed by atoms with Gasteiger partial charge in [0.15, 0.2) is 0 Å². The van der Waals surface area contributed by atoms with Gasteiger partial charge in [0.1, 0.15) is 0 Å². The van der Waals surface area contributed by atoms with Gasteiger partial charge in [-0.15, -0.1) is 0 Å². The molecule has 0 amide bonds. The summed E-state index contributed by atoms with van der Waals surface area (Å²) in [7, 11) is 1.23. The molecular formula is C7H20OPoSi. The Balaban J connectivity index is 0. The van der Waals surface area contributed by atoms with E-state index in [4.69, 9.17) is 4.74 Å². The fourth-order valence-electron chi connectivity index (χ4n) is 0.902. The first-order valence-corrected chi connectivity index (χ1v) is 5.16. The van der Waals surface area contributed by atoms with E-state index >= 15 is 0 Å². The Morgan fingerprint density at radius 3 is 2.10 bits per heavy atom. The van der Waals surface area contributed by atoms with Gasteiger partial charge in [0.2, 0.25) is 0 Å². The summed E-state index contributed by atoms with van der Waals surface area (Å²) in [5.74, 6) is 0. The van der Waals surface area contributed by atoms with Crippen molar-refractivity contribution in [2.24, 2.45) is 0 Å². The number of hydrogen-bond acceptors (Lipinski definition) is 1. The van der Waals surface area contributed by atoms with E-state index in [2.05, 4.69) is 0 Å². The molecule has 0 radical (unpaired) electrons. The summed E-state index contributed by atoms with van der Waals surface area (Å²) in [6, 6.07) is 0. The molecular weight excluding hydrogens is 337 g/mol. The van der Waals surface area contributed by atoms with Gasteiger partial charge in [0.25, 0.3) is 0 Å². The van der Waals surface area contributed by atoms with Crippen molar-refractivity contribution in [1.82, 2.24) is 0 Å². The Bertz CT molecular complexity index is 55.6. The normalized spacial score (nSPS) is 24.0. The number of hydrogen-bond donors (Lipinski definition) is 0. The van der Waals surface area contributed by atoms with Gasteiger partial charge >= 0.3 is 26.6 Å².